The Hall–Kier alpha value is -2.75. The summed E-state index contributed by atoms with van der Waals surface area (Å²) in [6, 6.07) is 12.0. The van der Waals surface area contributed by atoms with Crippen molar-refractivity contribution < 1.29 is 18.0 Å². The summed E-state index contributed by atoms with van der Waals surface area (Å²) in [6.07, 6.45) is 0. The van der Waals surface area contributed by atoms with Crippen molar-refractivity contribution in [1.29, 1.82) is 0 Å². The Balaban J connectivity index is 1.56. The number of aryl methyl sites for hydroxylation is 2. The number of para-hydroxylation sites is 1. The smallest absolute Gasteiger partial charge is 0.253 e. The lowest BCUT2D eigenvalue weighted by Crippen LogP contribution is -2.50. The minimum absolute atomic E-state index is 0.0759. The molecule has 8 nitrogen and oxygen atoms in total. The van der Waals surface area contributed by atoms with Crippen molar-refractivity contribution in [3.8, 4) is 0 Å². The summed E-state index contributed by atoms with van der Waals surface area (Å²) >= 11 is 0. The molecular formula is C23H30N4O4S. The molecule has 9 heteroatoms. The molecule has 1 aliphatic heterocycles. The summed E-state index contributed by atoms with van der Waals surface area (Å²) in [5.41, 5.74) is 3.23. The van der Waals surface area contributed by atoms with Gasteiger partial charge >= 0.3 is 0 Å². The van der Waals surface area contributed by atoms with Crippen LogP contribution < -0.4 is 10.0 Å². The van der Waals surface area contributed by atoms with E-state index in [-0.39, 0.29) is 29.8 Å². The number of hydrogen-bond acceptors (Lipinski definition) is 5. The van der Waals surface area contributed by atoms with E-state index in [4.69, 9.17) is 0 Å². The fourth-order valence-electron chi connectivity index (χ4n) is 3.75. The number of benzene rings is 2. The summed E-state index contributed by atoms with van der Waals surface area (Å²) in [7, 11) is -3.62. The molecule has 1 fully saturated rings. The maximum Gasteiger partial charge on any atom is 0.253 e. The lowest BCUT2D eigenvalue weighted by molar-refractivity contribution is -0.117. The van der Waals surface area contributed by atoms with Crippen molar-refractivity contribution >= 4 is 27.5 Å². The molecule has 172 valence electrons. The van der Waals surface area contributed by atoms with Gasteiger partial charge in [-0.3, -0.25) is 14.5 Å². The van der Waals surface area contributed by atoms with Crippen LogP contribution in [0.2, 0.25) is 0 Å². The predicted octanol–water partition coefficient (Wildman–Crippen LogP) is 2.00. The van der Waals surface area contributed by atoms with Gasteiger partial charge in [0.05, 0.1) is 11.4 Å². The molecule has 2 aromatic rings. The Labute approximate surface area is 189 Å². The maximum atomic E-state index is 12.9. The van der Waals surface area contributed by atoms with Crippen LogP contribution in [0.15, 0.2) is 47.4 Å². The number of hydrogen-bond donors (Lipinski definition) is 2. The summed E-state index contributed by atoms with van der Waals surface area (Å²) in [4.78, 5) is 29.2. The van der Waals surface area contributed by atoms with Crippen molar-refractivity contribution in [2.75, 3.05) is 44.6 Å². The van der Waals surface area contributed by atoms with Crippen molar-refractivity contribution in [2.24, 2.45) is 0 Å². The normalized spacial score (nSPS) is 14.9. The molecule has 0 spiro atoms. The number of nitrogens with one attached hydrogen (secondary N) is 2. The lowest BCUT2D eigenvalue weighted by atomic mass is 10.1. The molecule has 2 N–H and O–H groups in total. The standard InChI is InChI=1S/C23H30N4O4S/c1-4-24-32(30,31)20-10-6-9-19(15-20)23(29)27-13-11-26(12-14-27)16-21(28)25-22-17(2)7-5-8-18(22)3/h5-10,15,24H,4,11-14,16H2,1-3H3,(H,25,28). The van der Waals surface area contributed by atoms with Crippen LogP contribution in [0.25, 0.3) is 0 Å². The number of anilines is 1. The van der Waals surface area contributed by atoms with Crippen molar-refractivity contribution in [3.63, 3.8) is 0 Å². The van der Waals surface area contributed by atoms with E-state index in [9.17, 15) is 18.0 Å². The van der Waals surface area contributed by atoms with E-state index in [1.807, 2.05) is 36.9 Å². The van der Waals surface area contributed by atoms with Crippen LogP contribution in [0.1, 0.15) is 28.4 Å². The van der Waals surface area contributed by atoms with E-state index >= 15 is 0 Å². The van der Waals surface area contributed by atoms with Crippen LogP contribution in [0, 0.1) is 13.8 Å². The molecule has 0 aromatic heterocycles. The molecule has 0 unspecified atom stereocenters. The van der Waals surface area contributed by atoms with Gasteiger partial charge in [0.15, 0.2) is 0 Å². The van der Waals surface area contributed by atoms with E-state index in [2.05, 4.69) is 10.0 Å². The molecule has 32 heavy (non-hydrogen) atoms. The van der Waals surface area contributed by atoms with Gasteiger partial charge in [-0.2, -0.15) is 0 Å². The van der Waals surface area contributed by atoms with E-state index in [0.29, 0.717) is 31.7 Å². The van der Waals surface area contributed by atoms with Crippen molar-refractivity contribution in [2.45, 2.75) is 25.7 Å². The third-order valence-corrected chi connectivity index (χ3v) is 7.04. The van der Waals surface area contributed by atoms with Crippen molar-refractivity contribution in [1.82, 2.24) is 14.5 Å². The first-order chi connectivity index (χ1) is 15.2. The Bertz CT molecular complexity index is 1070. The second kappa shape index (κ2) is 10.2. The van der Waals surface area contributed by atoms with E-state index in [0.717, 1.165) is 16.8 Å². The van der Waals surface area contributed by atoms with E-state index in [1.165, 1.54) is 12.1 Å². The number of rotatable bonds is 7. The fraction of sp³-hybridized carbons (Fsp3) is 0.391. The largest absolute Gasteiger partial charge is 0.336 e. The highest BCUT2D eigenvalue weighted by Crippen LogP contribution is 2.19. The molecule has 1 aliphatic rings. The summed E-state index contributed by atoms with van der Waals surface area (Å²) < 4.78 is 26.9. The predicted molar refractivity (Wildman–Crippen MR) is 124 cm³/mol. The molecule has 0 radical (unpaired) electrons. The van der Waals surface area contributed by atoms with Crippen LogP contribution in [0.4, 0.5) is 5.69 Å². The molecule has 1 saturated heterocycles. The third-order valence-electron chi connectivity index (χ3n) is 5.50. The highest BCUT2D eigenvalue weighted by Gasteiger charge is 2.24. The van der Waals surface area contributed by atoms with Crippen LogP contribution in [-0.2, 0) is 14.8 Å². The molecular weight excluding hydrogens is 428 g/mol. The van der Waals surface area contributed by atoms with Crippen molar-refractivity contribution in [3.05, 3.63) is 59.2 Å². The molecule has 0 bridgehead atoms. The van der Waals surface area contributed by atoms with Gasteiger partial charge in [0, 0.05) is 44.0 Å². The second-order valence-corrected chi connectivity index (χ2v) is 9.68. The molecule has 0 aliphatic carbocycles. The Morgan fingerprint density at radius 3 is 2.22 bits per heavy atom. The highest BCUT2D eigenvalue weighted by atomic mass is 32.2. The van der Waals surface area contributed by atoms with E-state index in [1.54, 1.807) is 24.0 Å². The van der Waals surface area contributed by atoms with Gasteiger partial charge in [0.2, 0.25) is 15.9 Å². The van der Waals surface area contributed by atoms with Gasteiger partial charge in [0.1, 0.15) is 0 Å². The molecule has 3 rings (SSSR count). The van der Waals surface area contributed by atoms with Crippen LogP contribution in [-0.4, -0.2) is 69.3 Å². The first-order valence-electron chi connectivity index (χ1n) is 10.7. The van der Waals surface area contributed by atoms with Crippen LogP contribution in [0.5, 0.6) is 0 Å². The zero-order chi connectivity index (χ0) is 23.3. The summed E-state index contributed by atoms with van der Waals surface area (Å²) in [5, 5.41) is 2.99. The number of amides is 2. The minimum atomic E-state index is -3.62. The average Bonchev–Trinajstić information content (AvgIpc) is 2.76. The zero-order valence-corrected chi connectivity index (χ0v) is 19.5. The quantitative estimate of drug-likeness (QED) is 0.661. The first-order valence-corrected chi connectivity index (χ1v) is 12.2. The Morgan fingerprint density at radius 2 is 1.59 bits per heavy atom. The topological polar surface area (TPSA) is 98.8 Å². The molecule has 0 saturated carbocycles. The van der Waals surface area contributed by atoms with Crippen LogP contribution >= 0.6 is 0 Å². The van der Waals surface area contributed by atoms with Gasteiger partial charge in [-0.25, -0.2) is 13.1 Å². The van der Waals surface area contributed by atoms with Gasteiger partial charge in [-0.15, -0.1) is 0 Å². The summed E-state index contributed by atoms with van der Waals surface area (Å²) in [6.45, 7) is 8.25. The number of carbonyl (C=O) groups is 2. The molecule has 2 amide bonds. The number of sulfonamides is 1. The highest BCUT2D eigenvalue weighted by molar-refractivity contribution is 7.89. The molecule has 2 aromatic carbocycles. The second-order valence-electron chi connectivity index (χ2n) is 7.91. The maximum absolute atomic E-state index is 12.9. The van der Waals surface area contributed by atoms with Crippen LogP contribution in [0.3, 0.4) is 0 Å². The summed E-state index contributed by atoms with van der Waals surface area (Å²) in [5.74, 6) is -0.290. The lowest BCUT2D eigenvalue weighted by Gasteiger charge is -2.34. The average molecular weight is 459 g/mol. The Morgan fingerprint density at radius 1 is 0.969 bits per heavy atom. The third kappa shape index (κ3) is 5.73. The minimum Gasteiger partial charge on any atom is -0.336 e. The van der Waals surface area contributed by atoms with Gasteiger partial charge in [0.25, 0.3) is 5.91 Å². The fourth-order valence-corrected chi connectivity index (χ4v) is 4.84. The number of nitrogens with zero attached hydrogens (tertiary/aromatic N) is 2. The van der Waals surface area contributed by atoms with Gasteiger partial charge in [-0.05, 0) is 43.2 Å². The zero-order valence-electron chi connectivity index (χ0n) is 18.7. The molecule has 1 heterocycles. The van der Waals surface area contributed by atoms with Gasteiger partial charge < -0.3 is 10.2 Å². The SMILES string of the molecule is CCNS(=O)(=O)c1cccc(C(=O)N2CCN(CC(=O)Nc3c(C)cccc3C)CC2)c1. The van der Waals surface area contributed by atoms with Gasteiger partial charge in [-0.1, -0.05) is 31.2 Å². The van der Waals surface area contributed by atoms with E-state index < -0.39 is 10.0 Å². The first kappa shape index (κ1) is 23.9. The monoisotopic (exact) mass is 458 g/mol. The number of piperazine rings is 1. The number of carbonyl (C=O) groups excluding carboxylic acids is 2. The Kier molecular flexibility index (Phi) is 7.65. The molecule has 0 atom stereocenters.